The zero-order chi connectivity index (χ0) is 15.3. The van der Waals surface area contributed by atoms with Gasteiger partial charge >= 0.3 is 0 Å². The van der Waals surface area contributed by atoms with Crippen molar-refractivity contribution in [1.82, 2.24) is 9.71 Å². The fourth-order valence-corrected chi connectivity index (χ4v) is 2.64. The lowest BCUT2D eigenvalue weighted by Crippen LogP contribution is -2.24. The highest BCUT2D eigenvalue weighted by Gasteiger charge is 2.15. The van der Waals surface area contributed by atoms with Gasteiger partial charge in [-0.2, -0.15) is 0 Å². The van der Waals surface area contributed by atoms with Crippen LogP contribution in [0.1, 0.15) is 11.1 Å². The van der Waals surface area contributed by atoms with Crippen LogP contribution in [0, 0.1) is 0 Å². The Labute approximate surface area is 123 Å². The largest absolute Gasteiger partial charge is 0.497 e. The third-order valence-corrected chi connectivity index (χ3v) is 4.17. The van der Waals surface area contributed by atoms with Gasteiger partial charge in [0.05, 0.1) is 13.7 Å². The number of aromatic nitrogens is 1. The van der Waals surface area contributed by atoms with Gasteiger partial charge in [-0.3, -0.25) is 0 Å². The van der Waals surface area contributed by atoms with E-state index in [1.54, 1.807) is 31.4 Å². The van der Waals surface area contributed by atoms with E-state index in [0.717, 1.165) is 5.56 Å². The van der Waals surface area contributed by atoms with Gasteiger partial charge in [-0.05, 0) is 29.3 Å². The number of hydrogen-bond donors (Lipinski definition) is 2. The Kier molecular flexibility index (Phi) is 4.89. The van der Waals surface area contributed by atoms with E-state index in [1.165, 1.54) is 18.3 Å². The molecule has 0 saturated heterocycles. The van der Waals surface area contributed by atoms with Crippen molar-refractivity contribution in [2.24, 2.45) is 0 Å². The number of hydrogen-bond acceptors (Lipinski definition) is 5. The molecule has 1 aromatic heterocycles. The first-order valence-electron chi connectivity index (χ1n) is 6.23. The van der Waals surface area contributed by atoms with Crippen LogP contribution in [0.15, 0.2) is 47.6 Å². The number of aliphatic hydroxyl groups is 1. The van der Waals surface area contributed by atoms with Gasteiger partial charge in [0.1, 0.15) is 5.75 Å². The maximum Gasteiger partial charge on any atom is 0.258 e. The van der Waals surface area contributed by atoms with E-state index < -0.39 is 10.0 Å². The summed E-state index contributed by atoms with van der Waals surface area (Å²) in [7, 11) is -2.14. The minimum Gasteiger partial charge on any atom is -0.497 e. The molecule has 7 heteroatoms. The van der Waals surface area contributed by atoms with Crippen molar-refractivity contribution < 1.29 is 18.3 Å². The molecule has 0 spiro atoms. The number of sulfonamides is 1. The molecule has 0 amide bonds. The van der Waals surface area contributed by atoms with Crippen LogP contribution in [0.4, 0.5) is 0 Å². The lowest BCUT2D eigenvalue weighted by molar-refractivity contribution is 0.281. The van der Waals surface area contributed by atoms with Crippen LogP contribution in [0.3, 0.4) is 0 Å². The van der Waals surface area contributed by atoms with Crippen molar-refractivity contribution in [1.29, 1.82) is 0 Å². The predicted octanol–water partition coefficient (Wildman–Crippen LogP) is 1.06. The first-order valence-corrected chi connectivity index (χ1v) is 7.72. The zero-order valence-corrected chi connectivity index (χ0v) is 12.3. The Hall–Kier alpha value is -1.96. The minimum absolute atomic E-state index is 0.0809. The smallest absolute Gasteiger partial charge is 0.258 e. The molecule has 1 aromatic carbocycles. The quantitative estimate of drug-likeness (QED) is 0.833. The monoisotopic (exact) mass is 308 g/mol. The lowest BCUT2D eigenvalue weighted by atomic mass is 10.2. The minimum atomic E-state index is -3.69. The molecule has 0 aliphatic rings. The Bertz CT molecular complexity index is 699. The number of pyridine rings is 1. The molecular formula is C14H16N2O4S. The molecule has 0 fully saturated rings. The lowest BCUT2D eigenvalue weighted by Gasteiger charge is -2.07. The predicted molar refractivity (Wildman–Crippen MR) is 77.2 cm³/mol. The molecule has 2 N–H and O–H groups in total. The normalized spacial score (nSPS) is 11.3. The highest BCUT2D eigenvalue weighted by atomic mass is 32.2. The Morgan fingerprint density at radius 1 is 1.24 bits per heavy atom. The number of nitrogens with zero attached hydrogens (tertiary/aromatic N) is 1. The summed E-state index contributed by atoms with van der Waals surface area (Å²) in [6.07, 6.45) is 1.33. The molecule has 0 radical (unpaired) electrons. The SMILES string of the molecule is COc1cccc(CNS(=O)(=O)c2ccc(CO)cn2)c1. The molecule has 112 valence electrons. The van der Waals surface area contributed by atoms with Gasteiger partial charge < -0.3 is 9.84 Å². The van der Waals surface area contributed by atoms with Gasteiger partial charge in [0.15, 0.2) is 5.03 Å². The average molecular weight is 308 g/mol. The van der Waals surface area contributed by atoms with Crippen LogP contribution in [0.2, 0.25) is 0 Å². The number of rotatable bonds is 6. The number of methoxy groups -OCH3 is 1. The van der Waals surface area contributed by atoms with Crippen molar-refractivity contribution in [2.75, 3.05) is 7.11 Å². The van der Waals surface area contributed by atoms with Crippen LogP contribution in [-0.2, 0) is 23.2 Å². The van der Waals surface area contributed by atoms with Crippen LogP contribution in [0.5, 0.6) is 5.75 Å². The van der Waals surface area contributed by atoms with Crippen molar-refractivity contribution in [3.05, 3.63) is 53.7 Å². The summed E-state index contributed by atoms with van der Waals surface area (Å²) in [5, 5.41) is 8.83. The van der Waals surface area contributed by atoms with Gasteiger partial charge in [0.2, 0.25) is 0 Å². The first kappa shape index (κ1) is 15.4. The highest BCUT2D eigenvalue weighted by molar-refractivity contribution is 7.89. The Balaban J connectivity index is 2.09. The summed E-state index contributed by atoms with van der Waals surface area (Å²) < 4.78 is 31.7. The summed E-state index contributed by atoms with van der Waals surface area (Å²) >= 11 is 0. The summed E-state index contributed by atoms with van der Waals surface area (Å²) in [5.74, 6) is 0.664. The molecule has 0 unspecified atom stereocenters. The van der Waals surface area contributed by atoms with Crippen molar-refractivity contribution in [3.63, 3.8) is 0 Å². The highest BCUT2D eigenvalue weighted by Crippen LogP contribution is 2.13. The number of ether oxygens (including phenoxy) is 1. The van der Waals surface area contributed by atoms with Gasteiger partial charge in [0, 0.05) is 12.7 Å². The summed E-state index contributed by atoms with van der Waals surface area (Å²) in [6, 6.07) is 10.0. The number of nitrogens with one attached hydrogen (secondary N) is 1. The maximum absolute atomic E-state index is 12.1. The molecular weight excluding hydrogens is 292 g/mol. The molecule has 0 atom stereocenters. The van der Waals surface area contributed by atoms with Gasteiger partial charge in [-0.25, -0.2) is 18.1 Å². The standard InChI is InChI=1S/C14H16N2O4S/c1-20-13-4-2-3-11(7-13)9-16-21(18,19)14-6-5-12(10-17)8-15-14/h2-8,16-17H,9-10H2,1H3. The van der Waals surface area contributed by atoms with Crippen molar-refractivity contribution in [3.8, 4) is 5.75 Å². The number of aliphatic hydroxyl groups excluding tert-OH is 1. The third-order valence-electron chi connectivity index (χ3n) is 2.86. The first-order chi connectivity index (χ1) is 10.0. The second-order valence-corrected chi connectivity index (χ2v) is 6.05. The molecule has 21 heavy (non-hydrogen) atoms. The summed E-state index contributed by atoms with van der Waals surface area (Å²) in [5.41, 5.74) is 1.34. The van der Waals surface area contributed by atoms with E-state index in [2.05, 4.69) is 9.71 Å². The van der Waals surface area contributed by atoms with Crippen LogP contribution >= 0.6 is 0 Å². The van der Waals surface area contributed by atoms with Gasteiger partial charge in [-0.15, -0.1) is 0 Å². The van der Waals surface area contributed by atoms with E-state index in [-0.39, 0.29) is 18.2 Å². The molecule has 2 rings (SSSR count). The molecule has 1 heterocycles. The summed E-state index contributed by atoms with van der Waals surface area (Å²) in [6.45, 7) is -0.0342. The maximum atomic E-state index is 12.1. The molecule has 0 saturated carbocycles. The van der Waals surface area contributed by atoms with Gasteiger partial charge in [-0.1, -0.05) is 18.2 Å². The van der Waals surface area contributed by atoms with Crippen LogP contribution in [-0.4, -0.2) is 25.6 Å². The molecule has 0 aliphatic carbocycles. The van der Waals surface area contributed by atoms with Crippen molar-refractivity contribution in [2.45, 2.75) is 18.2 Å². The fraction of sp³-hybridized carbons (Fsp3) is 0.214. The molecule has 2 aromatic rings. The second kappa shape index (κ2) is 6.66. The Morgan fingerprint density at radius 3 is 2.67 bits per heavy atom. The third kappa shape index (κ3) is 4.01. The topological polar surface area (TPSA) is 88.5 Å². The van der Waals surface area contributed by atoms with Crippen LogP contribution < -0.4 is 9.46 Å². The van der Waals surface area contributed by atoms with E-state index in [4.69, 9.17) is 9.84 Å². The van der Waals surface area contributed by atoms with E-state index in [0.29, 0.717) is 11.3 Å². The Morgan fingerprint density at radius 2 is 2.05 bits per heavy atom. The average Bonchev–Trinajstić information content (AvgIpc) is 2.53. The van der Waals surface area contributed by atoms with Crippen molar-refractivity contribution >= 4 is 10.0 Å². The van der Waals surface area contributed by atoms with E-state index >= 15 is 0 Å². The zero-order valence-electron chi connectivity index (χ0n) is 11.5. The molecule has 0 aliphatic heterocycles. The van der Waals surface area contributed by atoms with E-state index in [9.17, 15) is 8.42 Å². The second-order valence-electron chi connectivity index (χ2n) is 4.34. The van der Waals surface area contributed by atoms with E-state index in [1.807, 2.05) is 0 Å². The van der Waals surface area contributed by atoms with Crippen LogP contribution in [0.25, 0.3) is 0 Å². The van der Waals surface area contributed by atoms with Gasteiger partial charge in [0.25, 0.3) is 10.0 Å². The number of benzene rings is 1. The fourth-order valence-electron chi connectivity index (χ4n) is 1.70. The molecule has 0 bridgehead atoms. The summed E-state index contributed by atoms with van der Waals surface area (Å²) in [4.78, 5) is 3.83. The molecule has 6 nitrogen and oxygen atoms in total.